The fourth-order valence-corrected chi connectivity index (χ4v) is 3.93. The first-order chi connectivity index (χ1) is 9.34. The first-order valence-corrected chi connectivity index (χ1v) is 7.33. The van der Waals surface area contributed by atoms with Crippen LogP contribution in [0.25, 0.3) is 0 Å². The van der Waals surface area contributed by atoms with Crippen molar-refractivity contribution in [3.05, 3.63) is 26.4 Å². The van der Waals surface area contributed by atoms with Gasteiger partial charge in [0.2, 0.25) is 5.88 Å². The van der Waals surface area contributed by atoms with Crippen molar-refractivity contribution in [2.75, 3.05) is 0 Å². The van der Waals surface area contributed by atoms with Crippen LogP contribution in [0.2, 0.25) is 0 Å². The van der Waals surface area contributed by atoms with Gasteiger partial charge in [0.1, 0.15) is 5.60 Å². The van der Waals surface area contributed by atoms with Gasteiger partial charge in [0.25, 0.3) is 5.56 Å². The van der Waals surface area contributed by atoms with Crippen molar-refractivity contribution in [3.8, 4) is 5.88 Å². The quantitative estimate of drug-likeness (QED) is 0.723. The van der Waals surface area contributed by atoms with Gasteiger partial charge in [-0.1, -0.05) is 12.8 Å². The molecular formula is C15H22N2O3. The van der Waals surface area contributed by atoms with E-state index < -0.39 is 0 Å². The molecule has 1 aromatic heterocycles. The topological polar surface area (TPSA) is 53.2 Å². The summed E-state index contributed by atoms with van der Waals surface area (Å²) in [5.74, 6) is 1.05. The number of hydrogen-bond donors (Lipinski definition) is 0. The highest BCUT2D eigenvalue weighted by atomic mass is 16.5. The third-order valence-corrected chi connectivity index (χ3v) is 5.03. The third-order valence-electron chi connectivity index (χ3n) is 5.03. The van der Waals surface area contributed by atoms with Crippen LogP contribution in [0.3, 0.4) is 0 Å². The molecule has 2 aliphatic rings. The van der Waals surface area contributed by atoms with Crippen molar-refractivity contribution < 1.29 is 4.74 Å². The predicted molar refractivity (Wildman–Crippen MR) is 76.3 cm³/mol. The van der Waals surface area contributed by atoms with E-state index in [0.29, 0.717) is 17.4 Å². The van der Waals surface area contributed by atoms with Crippen LogP contribution in [-0.2, 0) is 14.1 Å². The summed E-state index contributed by atoms with van der Waals surface area (Å²) in [6.07, 6.45) is 4.43. The minimum absolute atomic E-state index is 0.185. The van der Waals surface area contributed by atoms with Crippen molar-refractivity contribution in [3.63, 3.8) is 0 Å². The average molecular weight is 278 g/mol. The standard InChI is InChI=1S/C15H22N2O3/c1-15(2)10-8-6-5-7-9(10)11-12(18)16(3)14(19)17(4)13(11)20-15/h9-10H,5-8H2,1-4H3/t9-,10-/m0/s1. The Morgan fingerprint density at radius 1 is 1.10 bits per heavy atom. The van der Waals surface area contributed by atoms with Gasteiger partial charge in [-0.2, -0.15) is 0 Å². The van der Waals surface area contributed by atoms with Gasteiger partial charge in [0, 0.05) is 25.9 Å². The molecule has 1 aliphatic carbocycles. The normalized spacial score (nSPS) is 27.4. The number of hydrogen-bond acceptors (Lipinski definition) is 3. The summed E-state index contributed by atoms with van der Waals surface area (Å²) < 4.78 is 8.76. The smallest absolute Gasteiger partial charge is 0.333 e. The molecule has 0 unspecified atom stereocenters. The lowest BCUT2D eigenvalue weighted by atomic mass is 9.67. The van der Waals surface area contributed by atoms with E-state index in [1.54, 1.807) is 14.1 Å². The Morgan fingerprint density at radius 2 is 1.75 bits per heavy atom. The van der Waals surface area contributed by atoms with Crippen molar-refractivity contribution in [2.45, 2.75) is 51.0 Å². The highest BCUT2D eigenvalue weighted by molar-refractivity contribution is 5.34. The van der Waals surface area contributed by atoms with Gasteiger partial charge in [-0.15, -0.1) is 0 Å². The number of ether oxygens (including phenoxy) is 1. The molecule has 0 bridgehead atoms. The molecule has 0 aromatic carbocycles. The van der Waals surface area contributed by atoms with Crippen LogP contribution in [-0.4, -0.2) is 14.7 Å². The Morgan fingerprint density at radius 3 is 2.45 bits per heavy atom. The Bertz CT molecular complexity index is 669. The van der Waals surface area contributed by atoms with Crippen LogP contribution >= 0.6 is 0 Å². The van der Waals surface area contributed by atoms with Crippen LogP contribution in [0.4, 0.5) is 0 Å². The Labute approximate surface area is 118 Å². The summed E-state index contributed by atoms with van der Waals surface area (Å²) >= 11 is 0. The number of aromatic nitrogens is 2. The van der Waals surface area contributed by atoms with E-state index in [4.69, 9.17) is 4.74 Å². The fourth-order valence-electron chi connectivity index (χ4n) is 3.93. The predicted octanol–water partition coefficient (Wildman–Crippen LogP) is 1.53. The molecular weight excluding hydrogens is 256 g/mol. The minimum atomic E-state index is -0.325. The maximum absolute atomic E-state index is 12.5. The van der Waals surface area contributed by atoms with E-state index >= 15 is 0 Å². The molecule has 5 heteroatoms. The maximum atomic E-state index is 12.5. The van der Waals surface area contributed by atoms with E-state index in [1.807, 2.05) is 0 Å². The molecule has 5 nitrogen and oxygen atoms in total. The van der Waals surface area contributed by atoms with Crippen molar-refractivity contribution in [2.24, 2.45) is 20.0 Å². The van der Waals surface area contributed by atoms with Gasteiger partial charge in [0.05, 0.1) is 5.56 Å². The van der Waals surface area contributed by atoms with Gasteiger partial charge in [-0.05, 0) is 26.7 Å². The molecule has 0 N–H and O–H groups in total. The average Bonchev–Trinajstić information content (AvgIpc) is 2.42. The lowest BCUT2D eigenvalue weighted by Crippen LogP contribution is -2.51. The summed E-state index contributed by atoms with van der Waals surface area (Å²) in [4.78, 5) is 24.6. The van der Waals surface area contributed by atoms with Gasteiger partial charge in [0.15, 0.2) is 0 Å². The Hall–Kier alpha value is -1.52. The number of fused-ring (bicyclic) bond motifs is 3. The SMILES string of the molecule is Cn1c2c(c(=O)n(C)c1=O)[C@H]1CCCC[C@@H]1C(C)(C)O2. The van der Waals surface area contributed by atoms with Gasteiger partial charge < -0.3 is 4.74 Å². The van der Waals surface area contributed by atoms with Gasteiger partial charge in [-0.3, -0.25) is 13.9 Å². The molecule has 0 spiro atoms. The zero-order valence-corrected chi connectivity index (χ0v) is 12.6. The van der Waals surface area contributed by atoms with Crippen molar-refractivity contribution in [1.82, 2.24) is 9.13 Å². The fraction of sp³-hybridized carbons (Fsp3) is 0.733. The molecule has 0 radical (unpaired) electrons. The second kappa shape index (κ2) is 4.24. The summed E-state index contributed by atoms with van der Waals surface area (Å²) in [6, 6.07) is 0. The van der Waals surface area contributed by atoms with E-state index in [0.717, 1.165) is 19.3 Å². The minimum Gasteiger partial charge on any atom is -0.472 e. The lowest BCUT2D eigenvalue weighted by molar-refractivity contribution is -0.0156. The monoisotopic (exact) mass is 278 g/mol. The van der Waals surface area contributed by atoms with Crippen LogP contribution < -0.4 is 16.0 Å². The maximum Gasteiger partial charge on any atom is 0.333 e. The molecule has 1 saturated carbocycles. The van der Waals surface area contributed by atoms with Crippen molar-refractivity contribution >= 4 is 0 Å². The Kier molecular flexibility index (Phi) is 2.85. The second-order valence-electron chi connectivity index (χ2n) is 6.63. The van der Waals surface area contributed by atoms with Crippen LogP contribution in [0.5, 0.6) is 5.88 Å². The molecule has 0 amide bonds. The summed E-state index contributed by atoms with van der Waals surface area (Å²) in [5, 5.41) is 0. The second-order valence-corrected chi connectivity index (χ2v) is 6.63. The zero-order chi connectivity index (χ0) is 14.7. The molecule has 110 valence electrons. The first kappa shape index (κ1) is 13.5. The van der Waals surface area contributed by atoms with E-state index in [1.165, 1.54) is 15.6 Å². The molecule has 2 atom stereocenters. The zero-order valence-electron chi connectivity index (χ0n) is 12.6. The van der Waals surface area contributed by atoms with Crippen molar-refractivity contribution in [1.29, 1.82) is 0 Å². The van der Waals surface area contributed by atoms with Crippen LogP contribution in [0.15, 0.2) is 9.59 Å². The Balaban J connectivity index is 2.31. The molecule has 20 heavy (non-hydrogen) atoms. The number of nitrogens with zero attached hydrogens (tertiary/aromatic N) is 2. The molecule has 1 fully saturated rings. The highest BCUT2D eigenvalue weighted by Crippen LogP contribution is 2.49. The largest absolute Gasteiger partial charge is 0.472 e. The first-order valence-electron chi connectivity index (χ1n) is 7.33. The van der Waals surface area contributed by atoms with E-state index in [9.17, 15) is 9.59 Å². The van der Waals surface area contributed by atoms with Gasteiger partial charge >= 0.3 is 5.69 Å². The van der Waals surface area contributed by atoms with Crippen LogP contribution in [0, 0.1) is 5.92 Å². The molecule has 2 heterocycles. The van der Waals surface area contributed by atoms with E-state index in [2.05, 4.69) is 13.8 Å². The summed E-state index contributed by atoms with van der Waals surface area (Å²) in [6.45, 7) is 4.14. The summed E-state index contributed by atoms with van der Waals surface area (Å²) in [7, 11) is 3.22. The molecule has 1 aromatic rings. The molecule has 0 saturated heterocycles. The van der Waals surface area contributed by atoms with E-state index in [-0.39, 0.29) is 22.8 Å². The molecule has 1 aliphatic heterocycles. The molecule has 3 rings (SSSR count). The lowest BCUT2D eigenvalue weighted by Gasteiger charge is -2.47. The van der Waals surface area contributed by atoms with Crippen LogP contribution in [0.1, 0.15) is 51.0 Å². The van der Waals surface area contributed by atoms with Gasteiger partial charge in [-0.25, -0.2) is 4.79 Å². The third kappa shape index (κ3) is 1.68. The summed E-state index contributed by atoms with van der Waals surface area (Å²) in [5.41, 5.74) is -0.123. The highest BCUT2D eigenvalue weighted by Gasteiger charge is 2.47. The number of rotatable bonds is 0.